The smallest absolute Gasteiger partial charge is 0.373 e. The number of hydrogen-bond acceptors (Lipinski definition) is 3. The SMILES string of the molecule is O=C(O)c1nccc(-c2cccc(Br)c2)n1. The topological polar surface area (TPSA) is 63.1 Å². The highest BCUT2D eigenvalue weighted by molar-refractivity contribution is 9.10. The van der Waals surface area contributed by atoms with Crippen molar-refractivity contribution < 1.29 is 9.90 Å². The molecule has 80 valence electrons. The van der Waals surface area contributed by atoms with Crippen LogP contribution in [-0.4, -0.2) is 21.0 Å². The van der Waals surface area contributed by atoms with E-state index in [0.29, 0.717) is 5.69 Å². The van der Waals surface area contributed by atoms with Gasteiger partial charge in [0.15, 0.2) is 0 Å². The van der Waals surface area contributed by atoms with Gasteiger partial charge in [-0.25, -0.2) is 14.8 Å². The first-order valence-corrected chi connectivity index (χ1v) is 5.28. The van der Waals surface area contributed by atoms with Gasteiger partial charge in [0.1, 0.15) is 0 Å². The number of benzene rings is 1. The Balaban J connectivity index is 2.48. The van der Waals surface area contributed by atoms with E-state index in [2.05, 4.69) is 25.9 Å². The predicted molar refractivity (Wildman–Crippen MR) is 62.1 cm³/mol. The van der Waals surface area contributed by atoms with E-state index in [0.717, 1.165) is 10.0 Å². The van der Waals surface area contributed by atoms with Crippen LogP contribution in [-0.2, 0) is 0 Å². The highest BCUT2D eigenvalue weighted by Crippen LogP contribution is 2.20. The summed E-state index contributed by atoms with van der Waals surface area (Å²) >= 11 is 3.35. The Morgan fingerprint density at radius 2 is 2.12 bits per heavy atom. The summed E-state index contributed by atoms with van der Waals surface area (Å²) < 4.78 is 0.917. The zero-order valence-electron chi connectivity index (χ0n) is 8.09. The minimum Gasteiger partial charge on any atom is -0.475 e. The molecule has 0 saturated carbocycles. The number of hydrogen-bond donors (Lipinski definition) is 1. The summed E-state index contributed by atoms with van der Waals surface area (Å²) in [5.74, 6) is -1.32. The highest BCUT2D eigenvalue weighted by Gasteiger charge is 2.08. The molecule has 0 amide bonds. The van der Waals surface area contributed by atoms with E-state index < -0.39 is 5.97 Å². The van der Waals surface area contributed by atoms with Crippen LogP contribution in [0.25, 0.3) is 11.3 Å². The molecule has 0 atom stereocenters. The molecule has 5 heteroatoms. The van der Waals surface area contributed by atoms with E-state index in [9.17, 15) is 4.79 Å². The third kappa shape index (κ3) is 2.25. The van der Waals surface area contributed by atoms with Gasteiger partial charge in [-0.05, 0) is 18.2 Å². The van der Waals surface area contributed by atoms with E-state index in [1.807, 2.05) is 24.3 Å². The monoisotopic (exact) mass is 278 g/mol. The van der Waals surface area contributed by atoms with Gasteiger partial charge in [0, 0.05) is 16.2 Å². The zero-order valence-corrected chi connectivity index (χ0v) is 9.68. The second-order valence-electron chi connectivity index (χ2n) is 3.08. The largest absolute Gasteiger partial charge is 0.475 e. The fraction of sp³-hybridized carbons (Fsp3) is 0. The van der Waals surface area contributed by atoms with Gasteiger partial charge in [-0.2, -0.15) is 0 Å². The Hall–Kier alpha value is -1.75. The van der Waals surface area contributed by atoms with Crippen molar-refractivity contribution in [3.05, 3.63) is 46.8 Å². The fourth-order valence-corrected chi connectivity index (χ4v) is 1.67. The van der Waals surface area contributed by atoms with Crippen molar-refractivity contribution in [3.8, 4) is 11.3 Å². The van der Waals surface area contributed by atoms with Gasteiger partial charge in [-0.1, -0.05) is 28.1 Å². The van der Waals surface area contributed by atoms with E-state index in [1.165, 1.54) is 6.20 Å². The van der Waals surface area contributed by atoms with Gasteiger partial charge < -0.3 is 5.11 Å². The van der Waals surface area contributed by atoms with Gasteiger partial charge in [-0.3, -0.25) is 0 Å². The number of nitrogens with zero attached hydrogens (tertiary/aromatic N) is 2. The van der Waals surface area contributed by atoms with E-state index in [4.69, 9.17) is 5.11 Å². The van der Waals surface area contributed by atoms with E-state index in [-0.39, 0.29) is 5.82 Å². The molecule has 1 aromatic heterocycles. The third-order valence-corrected chi connectivity index (χ3v) is 2.46. The Morgan fingerprint density at radius 3 is 2.81 bits per heavy atom. The van der Waals surface area contributed by atoms with Gasteiger partial charge in [-0.15, -0.1) is 0 Å². The van der Waals surface area contributed by atoms with Crippen LogP contribution in [0.15, 0.2) is 41.0 Å². The number of carboxylic acid groups (broad SMARTS) is 1. The van der Waals surface area contributed by atoms with Crippen LogP contribution in [0.5, 0.6) is 0 Å². The number of carbonyl (C=O) groups is 1. The molecule has 0 aliphatic heterocycles. The lowest BCUT2D eigenvalue weighted by Crippen LogP contribution is -2.04. The van der Waals surface area contributed by atoms with Crippen molar-refractivity contribution in [3.63, 3.8) is 0 Å². The number of rotatable bonds is 2. The number of aromatic carboxylic acids is 1. The molecular weight excluding hydrogens is 272 g/mol. The predicted octanol–water partition coefficient (Wildman–Crippen LogP) is 2.60. The third-order valence-electron chi connectivity index (χ3n) is 1.97. The number of aromatic nitrogens is 2. The molecule has 0 radical (unpaired) electrons. The molecule has 1 heterocycles. The zero-order chi connectivity index (χ0) is 11.5. The van der Waals surface area contributed by atoms with Crippen LogP contribution in [0.1, 0.15) is 10.6 Å². The molecule has 2 rings (SSSR count). The average molecular weight is 279 g/mol. The number of carboxylic acids is 1. The lowest BCUT2D eigenvalue weighted by Gasteiger charge is -2.01. The molecule has 0 aliphatic rings. The van der Waals surface area contributed by atoms with Gasteiger partial charge in [0.25, 0.3) is 0 Å². The molecular formula is C11H7BrN2O2. The fourth-order valence-electron chi connectivity index (χ4n) is 1.27. The Morgan fingerprint density at radius 1 is 1.31 bits per heavy atom. The molecule has 1 aromatic carbocycles. The summed E-state index contributed by atoms with van der Waals surface area (Å²) in [6.45, 7) is 0. The number of halogens is 1. The lowest BCUT2D eigenvalue weighted by molar-refractivity contribution is 0.0683. The maximum Gasteiger partial charge on any atom is 0.373 e. The van der Waals surface area contributed by atoms with Gasteiger partial charge in [0.05, 0.1) is 5.69 Å². The van der Waals surface area contributed by atoms with Gasteiger partial charge >= 0.3 is 5.97 Å². The van der Waals surface area contributed by atoms with Crippen molar-refractivity contribution in [1.29, 1.82) is 0 Å². The summed E-state index contributed by atoms with van der Waals surface area (Å²) in [5.41, 5.74) is 1.44. The van der Waals surface area contributed by atoms with Crippen molar-refractivity contribution in [2.24, 2.45) is 0 Å². The molecule has 2 aromatic rings. The Bertz CT molecular complexity index is 543. The minimum atomic E-state index is -1.13. The second-order valence-corrected chi connectivity index (χ2v) is 4.00. The molecule has 0 unspecified atom stereocenters. The quantitative estimate of drug-likeness (QED) is 0.917. The summed E-state index contributed by atoms with van der Waals surface area (Å²) in [7, 11) is 0. The molecule has 0 saturated heterocycles. The maximum absolute atomic E-state index is 10.7. The van der Waals surface area contributed by atoms with Crippen LogP contribution in [0, 0.1) is 0 Å². The van der Waals surface area contributed by atoms with Crippen molar-refractivity contribution >= 4 is 21.9 Å². The van der Waals surface area contributed by atoms with Crippen LogP contribution in [0.2, 0.25) is 0 Å². The molecule has 4 nitrogen and oxygen atoms in total. The van der Waals surface area contributed by atoms with Gasteiger partial charge in [0.2, 0.25) is 5.82 Å². The van der Waals surface area contributed by atoms with Crippen molar-refractivity contribution in [1.82, 2.24) is 9.97 Å². The molecule has 16 heavy (non-hydrogen) atoms. The van der Waals surface area contributed by atoms with Crippen LogP contribution in [0.4, 0.5) is 0 Å². The second kappa shape index (κ2) is 4.40. The molecule has 1 N–H and O–H groups in total. The first-order valence-electron chi connectivity index (χ1n) is 4.49. The van der Waals surface area contributed by atoms with E-state index >= 15 is 0 Å². The van der Waals surface area contributed by atoms with E-state index in [1.54, 1.807) is 6.07 Å². The van der Waals surface area contributed by atoms with Crippen LogP contribution >= 0.6 is 15.9 Å². The Kier molecular flexibility index (Phi) is 2.96. The van der Waals surface area contributed by atoms with Crippen molar-refractivity contribution in [2.75, 3.05) is 0 Å². The lowest BCUT2D eigenvalue weighted by atomic mass is 10.1. The summed E-state index contributed by atoms with van der Waals surface area (Å²) in [6.07, 6.45) is 1.44. The Labute approximate surface area is 100 Å². The minimum absolute atomic E-state index is 0.197. The highest BCUT2D eigenvalue weighted by atomic mass is 79.9. The van der Waals surface area contributed by atoms with Crippen LogP contribution < -0.4 is 0 Å². The summed E-state index contributed by atoms with van der Waals surface area (Å²) in [4.78, 5) is 18.3. The molecule has 0 spiro atoms. The molecule has 0 aliphatic carbocycles. The maximum atomic E-state index is 10.7. The first-order chi connectivity index (χ1) is 7.66. The standard InChI is InChI=1S/C11H7BrN2O2/c12-8-3-1-2-7(6-8)9-4-5-13-10(14-9)11(15)16/h1-6H,(H,15,16). The average Bonchev–Trinajstić information content (AvgIpc) is 2.29. The summed E-state index contributed by atoms with van der Waals surface area (Å²) in [5, 5.41) is 8.78. The van der Waals surface area contributed by atoms with Crippen LogP contribution in [0.3, 0.4) is 0 Å². The van der Waals surface area contributed by atoms with Crippen molar-refractivity contribution in [2.45, 2.75) is 0 Å². The normalized spacial score (nSPS) is 10.1. The first kappa shape index (κ1) is 10.8. The molecule has 0 bridgehead atoms. The molecule has 0 fully saturated rings. The summed E-state index contributed by atoms with van der Waals surface area (Å²) in [6, 6.07) is 9.16.